The summed E-state index contributed by atoms with van der Waals surface area (Å²) in [5.74, 6) is -0.583. The Morgan fingerprint density at radius 2 is 1.87 bits per heavy atom. The normalized spacial score (nSPS) is 15.0. The van der Waals surface area contributed by atoms with Crippen molar-refractivity contribution in [1.82, 2.24) is 9.80 Å². The van der Waals surface area contributed by atoms with Crippen LogP contribution in [0.25, 0.3) is 0 Å². The first-order valence-electron chi connectivity index (χ1n) is 10.2. The van der Waals surface area contributed by atoms with Crippen molar-refractivity contribution in [3.8, 4) is 5.75 Å². The van der Waals surface area contributed by atoms with Crippen LogP contribution in [0.15, 0.2) is 24.3 Å². The maximum Gasteiger partial charge on any atom is 0.348 e. The molecule has 1 N–H and O–H groups in total. The van der Waals surface area contributed by atoms with Gasteiger partial charge in [-0.2, -0.15) is 0 Å². The van der Waals surface area contributed by atoms with Crippen LogP contribution in [0.2, 0.25) is 0 Å². The molecule has 0 saturated carbocycles. The van der Waals surface area contributed by atoms with Crippen molar-refractivity contribution in [2.24, 2.45) is 0 Å². The van der Waals surface area contributed by atoms with Crippen LogP contribution in [-0.4, -0.2) is 68.1 Å². The van der Waals surface area contributed by atoms with E-state index in [0.717, 1.165) is 37.3 Å². The number of hydrogen-bond donors (Lipinski definition) is 1. The van der Waals surface area contributed by atoms with Crippen LogP contribution in [0.1, 0.15) is 27.7 Å². The molecule has 1 saturated heterocycles. The fraction of sp³-hybridized carbons (Fsp3) is 0.455. The van der Waals surface area contributed by atoms with Crippen molar-refractivity contribution in [3.63, 3.8) is 0 Å². The highest BCUT2D eigenvalue weighted by Crippen LogP contribution is 2.27. The molecule has 0 radical (unpaired) electrons. The Morgan fingerprint density at radius 3 is 2.52 bits per heavy atom. The van der Waals surface area contributed by atoms with Gasteiger partial charge in [-0.3, -0.25) is 14.6 Å². The maximum absolute atomic E-state index is 13.9. The second kappa shape index (κ2) is 10.7. The number of thiophene rings is 1. The van der Waals surface area contributed by atoms with E-state index >= 15 is 0 Å². The van der Waals surface area contributed by atoms with Gasteiger partial charge in [0.2, 0.25) is 5.91 Å². The number of hydrogen-bond acceptors (Lipinski definition) is 7. The van der Waals surface area contributed by atoms with Gasteiger partial charge in [0.05, 0.1) is 25.3 Å². The summed E-state index contributed by atoms with van der Waals surface area (Å²) < 4.78 is 23.9. The first-order chi connectivity index (χ1) is 14.9. The number of nitrogens with one attached hydrogen (secondary N) is 1. The molecular formula is C22H28FN3O4S. The number of amides is 1. The number of methoxy groups -OCH3 is 1. The van der Waals surface area contributed by atoms with Crippen molar-refractivity contribution >= 4 is 28.2 Å². The summed E-state index contributed by atoms with van der Waals surface area (Å²) in [4.78, 5) is 29.2. The molecule has 168 valence electrons. The molecule has 7 nitrogen and oxygen atoms in total. The molecule has 1 amide bonds. The molecule has 1 aliphatic heterocycles. The molecule has 0 aliphatic carbocycles. The summed E-state index contributed by atoms with van der Waals surface area (Å²) in [6.45, 7) is 7.95. The third kappa shape index (κ3) is 6.25. The lowest BCUT2D eigenvalue weighted by Gasteiger charge is -2.34. The Hall–Kier alpha value is -2.49. The summed E-state index contributed by atoms with van der Waals surface area (Å²) in [5.41, 5.74) is 1.69. The van der Waals surface area contributed by atoms with Gasteiger partial charge in [0.15, 0.2) is 11.6 Å². The SMILES string of the molecule is CCOC(=O)c1sc(NC(=O)CN2CCN(Cc3ccc(OC)c(F)c3)CC2)cc1C. The third-order valence-corrected chi connectivity index (χ3v) is 6.23. The number of carbonyl (C=O) groups excluding carboxylic acids is 2. The van der Waals surface area contributed by atoms with Crippen LogP contribution in [0.5, 0.6) is 5.75 Å². The lowest BCUT2D eigenvalue weighted by atomic mass is 10.2. The molecule has 3 rings (SSSR count). The molecule has 2 heterocycles. The van der Waals surface area contributed by atoms with E-state index in [9.17, 15) is 14.0 Å². The number of piperazine rings is 1. The van der Waals surface area contributed by atoms with Gasteiger partial charge in [0.1, 0.15) is 4.88 Å². The summed E-state index contributed by atoms with van der Waals surface area (Å²) in [6, 6.07) is 6.81. The van der Waals surface area contributed by atoms with Gasteiger partial charge in [0, 0.05) is 32.7 Å². The summed E-state index contributed by atoms with van der Waals surface area (Å²) in [5, 5.41) is 3.52. The Labute approximate surface area is 185 Å². The highest BCUT2D eigenvalue weighted by molar-refractivity contribution is 7.18. The van der Waals surface area contributed by atoms with E-state index in [1.54, 1.807) is 19.1 Å². The van der Waals surface area contributed by atoms with Crippen molar-refractivity contribution in [2.75, 3.05) is 51.8 Å². The van der Waals surface area contributed by atoms with Crippen LogP contribution in [0.3, 0.4) is 0 Å². The lowest BCUT2D eigenvalue weighted by molar-refractivity contribution is -0.117. The Kier molecular flexibility index (Phi) is 8.00. The molecule has 1 aromatic carbocycles. The average Bonchev–Trinajstić information content (AvgIpc) is 3.09. The van der Waals surface area contributed by atoms with Crippen molar-refractivity contribution in [3.05, 3.63) is 46.1 Å². The standard InChI is InChI=1S/C22H28FN3O4S/c1-4-30-22(28)21-15(2)11-20(31-21)24-19(27)14-26-9-7-25(8-10-26)13-16-5-6-18(29-3)17(23)12-16/h5-6,11-12H,4,7-10,13-14H2,1-3H3,(H,24,27). The van der Waals surface area contributed by atoms with Crippen LogP contribution in [0.4, 0.5) is 9.39 Å². The monoisotopic (exact) mass is 449 g/mol. The first kappa shape index (κ1) is 23.2. The number of benzene rings is 1. The smallest absolute Gasteiger partial charge is 0.348 e. The number of ether oxygens (including phenoxy) is 2. The fourth-order valence-electron chi connectivity index (χ4n) is 3.49. The zero-order valence-corrected chi connectivity index (χ0v) is 18.9. The van der Waals surface area contributed by atoms with E-state index in [0.29, 0.717) is 23.0 Å². The van der Waals surface area contributed by atoms with E-state index in [1.807, 2.05) is 13.0 Å². The predicted molar refractivity (Wildman–Crippen MR) is 118 cm³/mol. The molecular weight excluding hydrogens is 421 g/mol. The minimum atomic E-state index is -0.363. The summed E-state index contributed by atoms with van der Waals surface area (Å²) in [7, 11) is 1.45. The molecule has 0 unspecified atom stereocenters. The van der Waals surface area contributed by atoms with E-state index in [1.165, 1.54) is 24.5 Å². The number of aryl methyl sites for hydroxylation is 1. The van der Waals surface area contributed by atoms with Crippen molar-refractivity contribution in [2.45, 2.75) is 20.4 Å². The van der Waals surface area contributed by atoms with Gasteiger partial charge in [-0.25, -0.2) is 9.18 Å². The van der Waals surface area contributed by atoms with Gasteiger partial charge in [0.25, 0.3) is 0 Å². The molecule has 0 spiro atoms. The number of carbonyl (C=O) groups is 2. The molecule has 0 atom stereocenters. The minimum absolute atomic E-state index is 0.109. The predicted octanol–water partition coefficient (Wildman–Crippen LogP) is 3.14. The highest BCUT2D eigenvalue weighted by Gasteiger charge is 2.21. The topological polar surface area (TPSA) is 71.1 Å². The largest absolute Gasteiger partial charge is 0.494 e. The first-order valence-corrected chi connectivity index (χ1v) is 11.1. The number of anilines is 1. The van der Waals surface area contributed by atoms with Crippen molar-refractivity contribution in [1.29, 1.82) is 0 Å². The summed E-state index contributed by atoms with van der Waals surface area (Å²) in [6.07, 6.45) is 0. The second-order valence-corrected chi connectivity index (χ2v) is 8.46. The van der Waals surface area contributed by atoms with Gasteiger partial charge in [-0.1, -0.05) is 6.07 Å². The average molecular weight is 450 g/mol. The molecule has 1 aliphatic rings. The molecule has 2 aromatic rings. The second-order valence-electron chi connectivity index (χ2n) is 7.41. The maximum atomic E-state index is 13.9. The van der Waals surface area contributed by atoms with E-state index in [-0.39, 0.29) is 30.0 Å². The molecule has 1 aromatic heterocycles. The molecule has 0 bridgehead atoms. The third-order valence-electron chi connectivity index (χ3n) is 5.10. The van der Waals surface area contributed by atoms with Gasteiger partial charge >= 0.3 is 5.97 Å². The zero-order valence-electron chi connectivity index (χ0n) is 18.1. The number of halogens is 1. The van der Waals surface area contributed by atoms with Crippen LogP contribution < -0.4 is 10.1 Å². The van der Waals surface area contributed by atoms with E-state index in [2.05, 4.69) is 15.1 Å². The highest BCUT2D eigenvalue weighted by atomic mass is 32.1. The van der Waals surface area contributed by atoms with Crippen LogP contribution in [0, 0.1) is 12.7 Å². The van der Waals surface area contributed by atoms with Gasteiger partial charge < -0.3 is 14.8 Å². The van der Waals surface area contributed by atoms with Gasteiger partial charge in [-0.15, -0.1) is 11.3 Å². The Bertz CT molecular complexity index is 925. The van der Waals surface area contributed by atoms with Crippen LogP contribution in [-0.2, 0) is 16.1 Å². The minimum Gasteiger partial charge on any atom is -0.494 e. The molecule has 31 heavy (non-hydrogen) atoms. The van der Waals surface area contributed by atoms with Crippen molar-refractivity contribution < 1.29 is 23.5 Å². The van der Waals surface area contributed by atoms with E-state index < -0.39 is 0 Å². The Morgan fingerprint density at radius 1 is 1.16 bits per heavy atom. The number of esters is 1. The van der Waals surface area contributed by atoms with Gasteiger partial charge in [-0.05, 0) is 43.2 Å². The molecule has 9 heteroatoms. The Balaban J connectivity index is 1.45. The lowest BCUT2D eigenvalue weighted by Crippen LogP contribution is -2.48. The van der Waals surface area contributed by atoms with Crippen LogP contribution >= 0.6 is 11.3 Å². The quantitative estimate of drug-likeness (QED) is 0.625. The number of rotatable bonds is 8. The summed E-state index contributed by atoms with van der Waals surface area (Å²) >= 11 is 1.23. The number of nitrogens with zero attached hydrogens (tertiary/aromatic N) is 2. The molecule has 1 fully saturated rings. The zero-order chi connectivity index (χ0) is 22.4. The van der Waals surface area contributed by atoms with E-state index in [4.69, 9.17) is 9.47 Å². The fourth-order valence-corrected chi connectivity index (χ4v) is 4.48.